The highest BCUT2D eigenvalue weighted by atomic mass is 35.5. The van der Waals surface area contributed by atoms with Gasteiger partial charge in [-0.3, -0.25) is 4.79 Å². The zero-order chi connectivity index (χ0) is 21.4. The van der Waals surface area contributed by atoms with Gasteiger partial charge in [-0.05, 0) is 48.9 Å². The lowest BCUT2D eigenvalue weighted by atomic mass is 10.3. The number of hydrogen-bond donors (Lipinski definition) is 1. The third kappa shape index (κ3) is 6.35. The van der Waals surface area contributed by atoms with Crippen LogP contribution >= 0.6 is 11.6 Å². The number of rotatable bonds is 10. The zero-order valence-electron chi connectivity index (χ0n) is 16.6. The molecule has 0 aliphatic heterocycles. The third-order valence-corrected chi connectivity index (χ3v) is 5.98. The minimum absolute atomic E-state index is 0.0487. The number of methoxy groups -OCH3 is 1. The van der Waals surface area contributed by atoms with Crippen molar-refractivity contribution in [2.24, 2.45) is 0 Å². The van der Waals surface area contributed by atoms with Crippen LogP contribution in [0.3, 0.4) is 0 Å². The van der Waals surface area contributed by atoms with E-state index in [1.165, 1.54) is 23.1 Å². The van der Waals surface area contributed by atoms with Crippen molar-refractivity contribution in [3.8, 4) is 11.5 Å². The molecule has 0 saturated heterocycles. The number of ether oxygens (including phenoxy) is 2. The van der Waals surface area contributed by atoms with Gasteiger partial charge in [0.1, 0.15) is 11.5 Å². The average Bonchev–Trinajstić information content (AvgIpc) is 2.72. The summed E-state index contributed by atoms with van der Waals surface area (Å²) in [4.78, 5) is 13.9. The summed E-state index contributed by atoms with van der Waals surface area (Å²) in [5, 5.41) is 0.114. The number of unbranched alkanes of at least 4 members (excludes halogenated alkanes) is 1. The van der Waals surface area contributed by atoms with E-state index in [0.717, 1.165) is 12.8 Å². The van der Waals surface area contributed by atoms with Crippen molar-refractivity contribution in [2.75, 3.05) is 32.2 Å². The molecule has 29 heavy (non-hydrogen) atoms. The van der Waals surface area contributed by atoms with Gasteiger partial charge in [0.25, 0.3) is 5.91 Å². The first-order valence-electron chi connectivity index (χ1n) is 9.11. The van der Waals surface area contributed by atoms with Gasteiger partial charge in [-0.2, -0.15) is 0 Å². The molecule has 0 aromatic heterocycles. The molecule has 7 nitrogen and oxygen atoms in total. The van der Waals surface area contributed by atoms with Gasteiger partial charge in [-0.25, -0.2) is 13.1 Å². The fraction of sp³-hybridized carbons (Fsp3) is 0.350. The molecule has 2 aromatic carbocycles. The van der Waals surface area contributed by atoms with Gasteiger partial charge in [-0.1, -0.05) is 24.9 Å². The molecule has 1 N–H and O–H groups in total. The first-order valence-corrected chi connectivity index (χ1v) is 11.0. The van der Waals surface area contributed by atoms with Crippen LogP contribution < -0.4 is 19.1 Å². The Morgan fingerprint density at radius 2 is 1.86 bits per heavy atom. The predicted octanol–water partition coefficient (Wildman–Crippen LogP) is 3.47. The van der Waals surface area contributed by atoms with Crippen LogP contribution in [0.2, 0.25) is 5.02 Å². The average molecular weight is 441 g/mol. The second kappa shape index (κ2) is 10.5. The van der Waals surface area contributed by atoms with Crippen molar-refractivity contribution in [1.82, 2.24) is 4.72 Å². The SMILES string of the molecule is CCCCNS(=O)(=O)c1ccc(OCC(=O)N(C)c2ccc(OC)cc2)c(Cl)c1. The second-order valence-corrected chi connectivity index (χ2v) is 8.46. The lowest BCUT2D eigenvalue weighted by molar-refractivity contribution is -0.120. The number of anilines is 1. The number of amides is 1. The van der Waals surface area contributed by atoms with Crippen molar-refractivity contribution in [3.05, 3.63) is 47.5 Å². The highest BCUT2D eigenvalue weighted by molar-refractivity contribution is 7.89. The van der Waals surface area contributed by atoms with E-state index in [4.69, 9.17) is 21.1 Å². The summed E-state index contributed by atoms with van der Waals surface area (Å²) in [6.45, 7) is 2.09. The van der Waals surface area contributed by atoms with Crippen LogP contribution in [0.4, 0.5) is 5.69 Å². The molecule has 0 aliphatic rings. The Balaban J connectivity index is 2.00. The topological polar surface area (TPSA) is 84.9 Å². The highest BCUT2D eigenvalue weighted by Crippen LogP contribution is 2.27. The Labute approximate surface area is 176 Å². The first kappa shape index (κ1) is 23.0. The van der Waals surface area contributed by atoms with E-state index in [-0.39, 0.29) is 28.2 Å². The molecule has 0 bridgehead atoms. The number of carbonyl (C=O) groups excluding carboxylic acids is 1. The molecular weight excluding hydrogens is 416 g/mol. The molecule has 0 spiro atoms. The van der Waals surface area contributed by atoms with E-state index in [2.05, 4.69) is 4.72 Å². The number of likely N-dealkylation sites (N-methyl/N-ethyl adjacent to an activating group) is 1. The number of halogens is 1. The maximum absolute atomic E-state index is 12.4. The molecular formula is C20H25ClN2O5S. The quantitative estimate of drug-likeness (QED) is 0.572. The molecule has 0 saturated carbocycles. The Hall–Kier alpha value is -2.29. The summed E-state index contributed by atoms with van der Waals surface area (Å²) < 4.78 is 37.6. The molecule has 0 fully saturated rings. The lowest BCUT2D eigenvalue weighted by Gasteiger charge is -2.18. The molecule has 2 rings (SSSR count). The van der Waals surface area contributed by atoms with E-state index in [1.54, 1.807) is 38.4 Å². The molecule has 0 heterocycles. The summed E-state index contributed by atoms with van der Waals surface area (Å²) in [5.74, 6) is 0.636. The summed E-state index contributed by atoms with van der Waals surface area (Å²) in [5.41, 5.74) is 0.685. The molecule has 2 aromatic rings. The van der Waals surface area contributed by atoms with Gasteiger partial charge in [0.2, 0.25) is 10.0 Å². The Kier molecular flexibility index (Phi) is 8.31. The number of carbonyl (C=O) groups is 1. The van der Waals surface area contributed by atoms with Crippen LogP contribution in [0.5, 0.6) is 11.5 Å². The normalized spacial score (nSPS) is 11.2. The van der Waals surface area contributed by atoms with Gasteiger partial charge in [0.15, 0.2) is 6.61 Å². The van der Waals surface area contributed by atoms with E-state index >= 15 is 0 Å². The standard InChI is InChI=1S/C20H25ClN2O5S/c1-4-5-12-22-29(25,26)17-10-11-19(18(21)13-17)28-14-20(24)23(2)15-6-8-16(27-3)9-7-15/h6-11,13,22H,4-5,12,14H2,1-3H3. The minimum atomic E-state index is -3.63. The minimum Gasteiger partial charge on any atom is -0.497 e. The molecule has 1 amide bonds. The summed E-state index contributed by atoms with van der Waals surface area (Å²) in [6, 6.07) is 11.2. The predicted molar refractivity (Wildman–Crippen MR) is 113 cm³/mol. The number of sulfonamides is 1. The number of hydrogen-bond acceptors (Lipinski definition) is 5. The van der Waals surface area contributed by atoms with E-state index in [1.807, 2.05) is 6.92 Å². The second-order valence-electron chi connectivity index (χ2n) is 6.28. The number of nitrogens with one attached hydrogen (secondary N) is 1. The molecule has 0 aliphatic carbocycles. The van der Waals surface area contributed by atoms with Gasteiger partial charge in [0.05, 0.1) is 17.0 Å². The van der Waals surface area contributed by atoms with Gasteiger partial charge in [-0.15, -0.1) is 0 Å². The van der Waals surface area contributed by atoms with Crippen LogP contribution in [0, 0.1) is 0 Å². The monoisotopic (exact) mass is 440 g/mol. The highest BCUT2D eigenvalue weighted by Gasteiger charge is 2.17. The van der Waals surface area contributed by atoms with Gasteiger partial charge < -0.3 is 14.4 Å². The lowest BCUT2D eigenvalue weighted by Crippen LogP contribution is -2.31. The van der Waals surface area contributed by atoms with Crippen LogP contribution in [-0.2, 0) is 14.8 Å². The van der Waals surface area contributed by atoms with Gasteiger partial charge >= 0.3 is 0 Å². The first-order chi connectivity index (χ1) is 13.8. The summed E-state index contributed by atoms with van der Waals surface area (Å²) in [7, 11) is -0.433. The Bertz CT molecular complexity index is 932. The van der Waals surface area contributed by atoms with Crippen molar-refractivity contribution < 1.29 is 22.7 Å². The van der Waals surface area contributed by atoms with Crippen LogP contribution in [0.15, 0.2) is 47.4 Å². The zero-order valence-corrected chi connectivity index (χ0v) is 18.2. The molecule has 0 radical (unpaired) electrons. The van der Waals surface area contributed by atoms with E-state index < -0.39 is 10.0 Å². The third-order valence-electron chi connectivity index (χ3n) is 4.22. The Morgan fingerprint density at radius 3 is 2.45 bits per heavy atom. The largest absolute Gasteiger partial charge is 0.497 e. The van der Waals surface area contributed by atoms with Crippen molar-refractivity contribution >= 4 is 33.2 Å². The summed E-state index contributed by atoms with van der Waals surface area (Å²) >= 11 is 6.15. The molecule has 9 heteroatoms. The van der Waals surface area contributed by atoms with Crippen molar-refractivity contribution in [3.63, 3.8) is 0 Å². The maximum Gasteiger partial charge on any atom is 0.264 e. The van der Waals surface area contributed by atoms with Crippen LogP contribution in [0.25, 0.3) is 0 Å². The van der Waals surface area contributed by atoms with Crippen molar-refractivity contribution in [1.29, 1.82) is 0 Å². The molecule has 0 atom stereocenters. The number of nitrogens with zero attached hydrogens (tertiary/aromatic N) is 1. The molecule has 158 valence electrons. The summed E-state index contributed by atoms with van der Waals surface area (Å²) in [6.07, 6.45) is 1.63. The maximum atomic E-state index is 12.4. The molecule has 0 unspecified atom stereocenters. The fourth-order valence-electron chi connectivity index (χ4n) is 2.42. The van der Waals surface area contributed by atoms with Gasteiger partial charge in [0, 0.05) is 19.3 Å². The number of benzene rings is 2. The van der Waals surface area contributed by atoms with Crippen LogP contribution in [0.1, 0.15) is 19.8 Å². The van der Waals surface area contributed by atoms with Crippen molar-refractivity contribution in [2.45, 2.75) is 24.7 Å². The van der Waals surface area contributed by atoms with E-state index in [0.29, 0.717) is 18.0 Å². The fourth-order valence-corrected chi connectivity index (χ4v) is 3.82. The van der Waals surface area contributed by atoms with Crippen LogP contribution in [-0.4, -0.2) is 41.6 Å². The van der Waals surface area contributed by atoms with E-state index in [9.17, 15) is 13.2 Å². The Morgan fingerprint density at radius 1 is 1.17 bits per heavy atom. The smallest absolute Gasteiger partial charge is 0.264 e.